The number of carbonyl (C=O) groups excluding carboxylic acids is 1. The molecule has 2 aromatic rings. The van der Waals surface area contributed by atoms with Crippen molar-refractivity contribution in [1.29, 1.82) is 5.26 Å². The normalized spacial score (nSPS) is 11.5. The van der Waals surface area contributed by atoms with Crippen LogP contribution >= 0.6 is 11.8 Å². The molecule has 0 saturated carbocycles. The van der Waals surface area contributed by atoms with Crippen LogP contribution in [-0.4, -0.2) is 27.2 Å². The Kier molecular flexibility index (Phi) is 6.59. The quantitative estimate of drug-likeness (QED) is 0.728. The zero-order valence-corrected chi connectivity index (χ0v) is 16.5. The van der Waals surface area contributed by atoms with Crippen LogP contribution in [0.4, 0.5) is 5.69 Å². The number of carbonyl (C=O) groups is 2. The average Bonchev–Trinajstić information content (AvgIpc) is 2.64. The van der Waals surface area contributed by atoms with Crippen molar-refractivity contribution in [1.82, 2.24) is 4.98 Å². The van der Waals surface area contributed by atoms with Crippen LogP contribution in [0.5, 0.6) is 0 Å². The number of rotatable bonds is 6. The second-order valence-corrected chi connectivity index (χ2v) is 7.32. The number of benzene rings is 1. The molecule has 0 bridgehead atoms. The Morgan fingerprint density at radius 1 is 1.22 bits per heavy atom. The first-order valence-corrected chi connectivity index (χ1v) is 9.35. The van der Waals surface area contributed by atoms with Crippen LogP contribution in [0.3, 0.4) is 0 Å². The molecule has 1 aromatic heterocycles. The second-order valence-electron chi connectivity index (χ2n) is 6.13. The van der Waals surface area contributed by atoms with Crippen LogP contribution in [0, 0.1) is 32.1 Å². The van der Waals surface area contributed by atoms with Crippen molar-refractivity contribution in [3.05, 3.63) is 52.2 Å². The number of aryl methyl sites for hydroxylation is 1. The lowest BCUT2D eigenvalue weighted by molar-refractivity contribution is -0.115. The Balaban J connectivity index is 2.21. The number of nitriles is 1. The van der Waals surface area contributed by atoms with Gasteiger partial charge in [-0.2, -0.15) is 5.26 Å². The van der Waals surface area contributed by atoms with Crippen LogP contribution < -0.4 is 5.32 Å². The number of pyridine rings is 1. The molecule has 1 aromatic carbocycles. The number of aromatic nitrogens is 1. The molecule has 27 heavy (non-hydrogen) atoms. The van der Waals surface area contributed by atoms with E-state index in [1.807, 2.05) is 27.7 Å². The first kappa shape index (κ1) is 20.5. The number of carboxylic acids is 1. The Labute approximate surface area is 162 Å². The molecule has 0 aliphatic carbocycles. The third kappa shape index (κ3) is 4.66. The maximum absolute atomic E-state index is 12.6. The Morgan fingerprint density at radius 2 is 1.85 bits per heavy atom. The van der Waals surface area contributed by atoms with Gasteiger partial charge in [-0.05, 0) is 62.6 Å². The summed E-state index contributed by atoms with van der Waals surface area (Å²) in [5, 5.41) is 21.4. The molecule has 0 radical (unpaired) electrons. The minimum atomic E-state index is -1.02. The number of amides is 1. The molecule has 1 atom stereocenters. The molecule has 2 rings (SSSR count). The molecule has 0 aliphatic heterocycles. The van der Waals surface area contributed by atoms with Crippen molar-refractivity contribution in [3.8, 4) is 6.07 Å². The highest BCUT2D eigenvalue weighted by atomic mass is 32.2. The molecule has 0 spiro atoms. The molecule has 1 heterocycles. The fourth-order valence-electron chi connectivity index (χ4n) is 2.50. The predicted molar refractivity (Wildman–Crippen MR) is 105 cm³/mol. The van der Waals surface area contributed by atoms with E-state index in [4.69, 9.17) is 5.11 Å². The molecule has 0 saturated heterocycles. The molecule has 0 fully saturated rings. The predicted octanol–water partition coefficient (Wildman–Crippen LogP) is 4.09. The van der Waals surface area contributed by atoms with E-state index in [0.29, 0.717) is 22.7 Å². The van der Waals surface area contributed by atoms with Gasteiger partial charge in [0.25, 0.3) is 0 Å². The molecular formula is C20H21N3O3S. The van der Waals surface area contributed by atoms with Crippen LogP contribution in [0.15, 0.2) is 29.3 Å². The molecule has 2 N–H and O–H groups in total. The number of anilines is 1. The first-order valence-electron chi connectivity index (χ1n) is 8.47. The number of nitrogens with one attached hydrogen (secondary N) is 1. The number of hydrogen-bond acceptors (Lipinski definition) is 5. The van der Waals surface area contributed by atoms with E-state index < -0.39 is 11.2 Å². The lowest BCUT2D eigenvalue weighted by Gasteiger charge is -2.17. The summed E-state index contributed by atoms with van der Waals surface area (Å²) in [5.74, 6) is -1.23. The first-order chi connectivity index (χ1) is 12.8. The molecule has 6 nitrogen and oxygen atoms in total. The standard InChI is InChI=1S/C20H21N3O3S/c1-5-17(18(24)23-15-8-6-14(7-9-15)20(25)26)27-19-16(10-21)12(3)11(2)13(4)22-19/h6-9,17H,5H2,1-4H3,(H,23,24)(H,25,26). The third-order valence-electron chi connectivity index (χ3n) is 4.39. The van der Waals surface area contributed by atoms with Gasteiger partial charge in [-0.1, -0.05) is 18.7 Å². The van der Waals surface area contributed by atoms with Crippen molar-refractivity contribution >= 4 is 29.3 Å². The summed E-state index contributed by atoms with van der Waals surface area (Å²) < 4.78 is 0. The average molecular weight is 383 g/mol. The van der Waals surface area contributed by atoms with Gasteiger partial charge in [0.1, 0.15) is 11.1 Å². The summed E-state index contributed by atoms with van der Waals surface area (Å²) in [4.78, 5) is 28.1. The van der Waals surface area contributed by atoms with Gasteiger partial charge in [-0.15, -0.1) is 0 Å². The highest BCUT2D eigenvalue weighted by Gasteiger charge is 2.22. The zero-order valence-electron chi connectivity index (χ0n) is 15.7. The van der Waals surface area contributed by atoms with Crippen molar-refractivity contribution < 1.29 is 14.7 Å². The molecule has 0 aliphatic rings. The van der Waals surface area contributed by atoms with Crippen LogP contribution in [0.25, 0.3) is 0 Å². The molecular weight excluding hydrogens is 362 g/mol. The van der Waals surface area contributed by atoms with Gasteiger partial charge in [0, 0.05) is 11.4 Å². The monoisotopic (exact) mass is 383 g/mol. The lowest BCUT2D eigenvalue weighted by Crippen LogP contribution is -2.25. The van der Waals surface area contributed by atoms with Gasteiger partial charge < -0.3 is 10.4 Å². The number of thioether (sulfide) groups is 1. The summed E-state index contributed by atoms with van der Waals surface area (Å²) in [6.45, 7) is 7.60. The van der Waals surface area contributed by atoms with Crippen LogP contribution in [-0.2, 0) is 4.79 Å². The maximum Gasteiger partial charge on any atom is 0.335 e. The fourth-order valence-corrected chi connectivity index (χ4v) is 3.61. The van der Waals surface area contributed by atoms with Gasteiger partial charge >= 0.3 is 5.97 Å². The third-order valence-corrected chi connectivity index (χ3v) is 5.74. The summed E-state index contributed by atoms with van der Waals surface area (Å²) in [6, 6.07) is 8.18. The van der Waals surface area contributed by atoms with Crippen molar-refractivity contribution in [3.63, 3.8) is 0 Å². The van der Waals surface area contributed by atoms with Crippen molar-refractivity contribution in [2.75, 3.05) is 5.32 Å². The molecule has 1 unspecified atom stereocenters. The molecule has 1 amide bonds. The van der Waals surface area contributed by atoms with E-state index in [1.54, 1.807) is 12.1 Å². The van der Waals surface area contributed by atoms with E-state index in [9.17, 15) is 14.9 Å². The SMILES string of the molecule is CCC(Sc1nc(C)c(C)c(C)c1C#N)C(=O)Nc1ccc(C(=O)O)cc1. The van der Waals surface area contributed by atoms with Gasteiger partial charge in [0.15, 0.2) is 0 Å². The van der Waals surface area contributed by atoms with E-state index in [2.05, 4.69) is 16.4 Å². The van der Waals surface area contributed by atoms with Gasteiger partial charge in [0.05, 0.1) is 16.4 Å². The highest BCUT2D eigenvalue weighted by Crippen LogP contribution is 2.31. The lowest BCUT2D eigenvalue weighted by atomic mass is 10.1. The smallest absolute Gasteiger partial charge is 0.335 e. The highest BCUT2D eigenvalue weighted by molar-refractivity contribution is 8.00. The summed E-state index contributed by atoms with van der Waals surface area (Å²) in [5.41, 5.74) is 3.88. The van der Waals surface area contributed by atoms with Crippen molar-refractivity contribution in [2.24, 2.45) is 0 Å². The van der Waals surface area contributed by atoms with Crippen LogP contribution in [0.2, 0.25) is 0 Å². The maximum atomic E-state index is 12.6. The minimum absolute atomic E-state index is 0.155. The summed E-state index contributed by atoms with van der Waals surface area (Å²) in [6.07, 6.45) is 0.558. The number of aromatic carboxylic acids is 1. The number of carboxylic acid groups (broad SMARTS) is 1. The van der Waals surface area contributed by atoms with E-state index in [1.165, 1.54) is 23.9 Å². The van der Waals surface area contributed by atoms with Crippen LogP contribution in [0.1, 0.15) is 46.1 Å². The summed E-state index contributed by atoms with van der Waals surface area (Å²) in [7, 11) is 0. The van der Waals surface area contributed by atoms with E-state index in [-0.39, 0.29) is 11.5 Å². The minimum Gasteiger partial charge on any atom is -0.478 e. The Bertz CT molecular complexity index is 918. The second kappa shape index (κ2) is 8.69. The van der Waals surface area contributed by atoms with Gasteiger partial charge in [-0.3, -0.25) is 4.79 Å². The Morgan fingerprint density at radius 3 is 2.37 bits per heavy atom. The van der Waals surface area contributed by atoms with E-state index in [0.717, 1.165) is 16.8 Å². The van der Waals surface area contributed by atoms with Gasteiger partial charge in [0.2, 0.25) is 5.91 Å². The number of nitrogens with zero attached hydrogens (tertiary/aromatic N) is 2. The van der Waals surface area contributed by atoms with Crippen molar-refractivity contribution in [2.45, 2.75) is 44.4 Å². The molecule has 7 heteroatoms. The Hall–Kier alpha value is -2.85. The van der Waals surface area contributed by atoms with E-state index >= 15 is 0 Å². The van der Waals surface area contributed by atoms with Gasteiger partial charge in [-0.25, -0.2) is 9.78 Å². The summed E-state index contributed by atoms with van der Waals surface area (Å²) >= 11 is 1.27. The zero-order chi connectivity index (χ0) is 20.1. The topological polar surface area (TPSA) is 103 Å². The fraction of sp³-hybridized carbons (Fsp3) is 0.300. The molecule has 140 valence electrons. The number of hydrogen-bond donors (Lipinski definition) is 2. The largest absolute Gasteiger partial charge is 0.478 e.